The van der Waals surface area contributed by atoms with Gasteiger partial charge in [0.25, 0.3) is 0 Å². The van der Waals surface area contributed by atoms with E-state index in [0.29, 0.717) is 11.8 Å². The first kappa shape index (κ1) is 27.2. The Morgan fingerprint density at radius 2 is 0.939 bits per heavy atom. The highest BCUT2D eigenvalue weighted by Gasteiger charge is 2.10. The predicted molar refractivity (Wildman–Crippen MR) is 146 cm³/mol. The van der Waals surface area contributed by atoms with Crippen LogP contribution in [0.1, 0.15) is 76.6 Å². The summed E-state index contributed by atoms with van der Waals surface area (Å²) in [4.78, 5) is 0. The molecule has 0 radical (unpaired) electrons. The van der Waals surface area contributed by atoms with Crippen LogP contribution < -0.4 is 10.6 Å². The largest absolute Gasteiger partial charge is 0.385 e. The van der Waals surface area contributed by atoms with Crippen molar-refractivity contribution in [2.45, 2.75) is 80.1 Å². The van der Waals surface area contributed by atoms with Crippen molar-refractivity contribution in [1.82, 2.24) is 0 Å². The summed E-state index contributed by atoms with van der Waals surface area (Å²) >= 11 is 0. The van der Waals surface area contributed by atoms with Gasteiger partial charge in [-0.15, -0.1) is 0 Å². The molecule has 0 amide bonds. The van der Waals surface area contributed by atoms with Crippen molar-refractivity contribution in [1.29, 1.82) is 0 Å². The van der Waals surface area contributed by atoms with E-state index in [1.54, 1.807) is 0 Å². The average Bonchev–Trinajstić information content (AvgIpc) is 2.83. The van der Waals surface area contributed by atoms with E-state index in [1.165, 1.54) is 33.6 Å². The second-order valence-electron chi connectivity index (χ2n) is 9.50. The molecule has 184 valence electrons. The Morgan fingerprint density at radius 1 is 0.606 bits per heavy atom. The van der Waals surface area contributed by atoms with E-state index in [9.17, 15) is 0 Å². The van der Waals surface area contributed by atoms with Gasteiger partial charge >= 0.3 is 0 Å². The Morgan fingerprint density at radius 3 is 1.24 bits per heavy atom. The Kier molecular flexibility index (Phi) is 12.4. The van der Waals surface area contributed by atoms with Crippen molar-refractivity contribution in [2.75, 3.05) is 36.9 Å². The molecule has 2 N–H and O–H groups in total. The van der Waals surface area contributed by atoms with Gasteiger partial charge in [-0.05, 0) is 72.6 Å². The third-order valence-electron chi connectivity index (χ3n) is 6.68. The van der Waals surface area contributed by atoms with Crippen LogP contribution in [0.3, 0.4) is 0 Å². The molecule has 2 atom stereocenters. The highest BCUT2D eigenvalue weighted by molar-refractivity contribution is 5.58. The molecule has 0 aliphatic rings. The van der Waals surface area contributed by atoms with Crippen molar-refractivity contribution < 1.29 is 4.74 Å². The van der Waals surface area contributed by atoms with E-state index >= 15 is 0 Å². The summed E-state index contributed by atoms with van der Waals surface area (Å²) < 4.78 is 6.09. The second kappa shape index (κ2) is 15.0. The van der Waals surface area contributed by atoms with Gasteiger partial charge in [0.15, 0.2) is 0 Å². The van der Waals surface area contributed by atoms with Crippen LogP contribution in [0.5, 0.6) is 0 Å². The van der Waals surface area contributed by atoms with Gasteiger partial charge in [-0.1, -0.05) is 77.9 Å². The molecule has 2 rings (SSSR count). The predicted octanol–water partition coefficient (Wildman–Crippen LogP) is 7.53. The number of aryl methyl sites for hydroxylation is 4. The summed E-state index contributed by atoms with van der Waals surface area (Å²) in [6.45, 7) is 17.2. The zero-order valence-electron chi connectivity index (χ0n) is 22.1. The van der Waals surface area contributed by atoms with Gasteiger partial charge in [0.05, 0.1) is 0 Å². The van der Waals surface area contributed by atoms with Crippen molar-refractivity contribution in [3.05, 3.63) is 58.7 Å². The molecule has 2 aromatic carbocycles. The first-order valence-electron chi connectivity index (χ1n) is 13.3. The fourth-order valence-electron chi connectivity index (χ4n) is 4.46. The van der Waals surface area contributed by atoms with Crippen molar-refractivity contribution in [3.8, 4) is 0 Å². The number of hydrogen-bond acceptors (Lipinski definition) is 3. The van der Waals surface area contributed by atoms with E-state index in [4.69, 9.17) is 4.74 Å². The lowest BCUT2D eigenvalue weighted by Gasteiger charge is -2.19. The van der Waals surface area contributed by atoms with Gasteiger partial charge in [0, 0.05) is 37.7 Å². The molecule has 0 saturated heterocycles. The second-order valence-corrected chi connectivity index (χ2v) is 9.50. The normalized spacial score (nSPS) is 13.0. The quantitative estimate of drug-likeness (QED) is 0.276. The Hall–Kier alpha value is -2.00. The van der Waals surface area contributed by atoms with Crippen molar-refractivity contribution in [3.63, 3.8) is 0 Å². The molecule has 0 aliphatic heterocycles. The molecule has 0 aromatic heterocycles. The van der Waals surface area contributed by atoms with Gasteiger partial charge < -0.3 is 15.4 Å². The molecule has 2 aromatic rings. The minimum Gasteiger partial charge on any atom is -0.385 e. The third-order valence-corrected chi connectivity index (χ3v) is 6.68. The first-order chi connectivity index (χ1) is 16.0. The van der Waals surface area contributed by atoms with E-state index in [1.807, 2.05) is 0 Å². The molecule has 0 spiro atoms. The summed E-state index contributed by atoms with van der Waals surface area (Å²) in [5, 5.41) is 7.42. The van der Waals surface area contributed by atoms with Gasteiger partial charge in [-0.2, -0.15) is 0 Å². The Balaban J connectivity index is 1.66. The number of rotatable bonds is 16. The number of benzene rings is 2. The molecule has 33 heavy (non-hydrogen) atoms. The monoisotopic (exact) mass is 452 g/mol. The van der Waals surface area contributed by atoms with Gasteiger partial charge in [-0.3, -0.25) is 0 Å². The minimum atomic E-state index is 0.560. The SMILES string of the molecule is CCc1cccc(CC)c1NCCC(C)COCC(C)CCNc1c(CC)cccc1CC. The fourth-order valence-corrected chi connectivity index (χ4v) is 4.46. The number of para-hydroxylation sites is 2. The van der Waals surface area contributed by atoms with Crippen LogP contribution in [0.15, 0.2) is 36.4 Å². The van der Waals surface area contributed by atoms with Crippen LogP contribution in [0.25, 0.3) is 0 Å². The molecule has 0 bridgehead atoms. The molecule has 2 unspecified atom stereocenters. The maximum absolute atomic E-state index is 6.09. The van der Waals surface area contributed by atoms with E-state index in [0.717, 1.165) is 64.8 Å². The molecule has 0 saturated carbocycles. The van der Waals surface area contributed by atoms with Crippen molar-refractivity contribution >= 4 is 11.4 Å². The minimum absolute atomic E-state index is 0.560. The van der Waals surface area contributed by atoms with Crippen LogP contribution in [-0.2, 0) is 30.4 Å². The Labute approximate surface area is 203 Å². The van der Waals surface area contributed by atoms with Crippen LogP contribution in [0.2, 0.25) is 0 Å². The lowest BCUT2D eigenvalue weighted by molar-refractivity contribution is 0.0772. The molecule has 0 heterocycles. The van der Waals surface area contributed by atoms with Crippen LogP contribution in [0, 0.1) is 11.8 Å². The first-order valence-corrected chi connectivity index (χ1v) is 13.3. The maximum Gasteiger partial charge on any atom is 0.0492 e. The van der Waals surface area contributed by atoms with Crippen LogP contribution >= 0.6 is 0 Å². The van der Waals surface area contributed by atoms with E-state index in [2.05, 4.69) is 88.6 Å². The smallest absolute Gasteiger partial charge is 0.0492 e. The summed E-state index contributed by atoms with van der Waals surface area (Å²) in [6, 6.07) is 13.3. The summed E-state index contributed by atoms with van der Waals surface area (Å²) in [5.41, 5.74) is 8.41. The topological polar surface area (TPSA) is 33.3 Å². The van der Waals surface area contributed by atoms with Gasteiger partial charge in [0.1, 0.15) is 0 Å². The van der Waals surface area contributed by atoms with Crippen LogP contribution in [0.4, 0.5) is 11.4 Å². The summed E-state index contributed by atoms with van der Waals surface area (Å²) in [6.07, 6.45) is 6.56. The van der Waals surface area contributed by atoms with E-state index in [-0.39, 0.29) is 0 Å². The number of anilines is 2. The molecule has 3 heteroatoms. The summed E-state index contributed by atoms with van der Waals surface area (Å²) in [5.74, 6) is 1.12. The molecule has 0 aliphatic carbocycles. The van der Waals surface area contributed by atoms with Gasteiger partial charge in [0.2, 0.25) is 0 Å². The number of hydrogen-bond donors (Lipinski definition) is 2. The van der Waals surface area contributed by atoms with Crippen LogP contribution in [-0.4, -0.2) is 26.3 Å². The average molecular weight is 453 g/mol. The van der Waals surface area contributed by atoms with E-state index < -0.39 is 0 Å². The molecular formula is C30H48N2O. The highest BCUT2D eigenvalue weighted by Crippen LogP contribution is 2.24. The van der Waals surface area contributed by atoms with Gasteiger partial charge in [-0.25, -0.2) is 0 Å². The lowest BCUT2D eigenvalue weighted by atomic mass is 10.0. The summed E-state index contributed by atoms with van der Waals surface area (Å²) in [7, 11) is 0. The zero-order valence-corrected chi connectivity index (χ0v) is 22.1. The Bertz CT molecular complexity index is 705. The van der Waals surface area contributed by atoms with Crippen molar-refractivity contribution in [2.24, 2.45) is 11.8 Å². The molecule has 0 fully saturated rings. The zero-order chi connectivity index (χ0) is 24.1. The molecule has 3 nitrogen and oxygen atoms in total. The lowest BCUT2D eigenvalue weighted by Crippen LogP contribution is -2.17. The number of nitrogens with one attached hydrogen (secondary N) is 2. The highest BCUT2D eigenvalue weighted by atomic mass is 16.5. The standard InChI is InChI=1S/C30H48N2O/c1-7-25-13-11-14-26(8-2)29(25)31-19-17-23(5)21-33-22-24(6)18-20-32-30-27(9-3)15-12-16-28(30)10-4/h11-16,23-24,31-32H,7-10,17-22H2,1-6H3. The molecular weight excluding hydrogens is 404 g/mol. The number of ether oxygens (including phenoxy) is 1. The third kappa shape index (κ3) is 8.70. The maximum atomic E-state index is 6.09. The fraction of sp³-hybridized carbons (Fsp3) is 0.600.